The maximum absolute atomic E-state index is 9.89. The third-order valence-electron chi connectivity index (χ3n) is 3.61. The Morgan fingerprint density at radius 2 is 2.25 bits per heavy atom. The van der Waals surface area contributed by atoms with Gasteiger partial charge in [-0.25, -0.2) is 0 Å². The Bertz CT molecular complexity index is 599. The Morgan fingerprint density at radius 3 is 3.00 bits per heavy atom. The van der Waals surface area contributed by atoms with Crippen LogP contribution in [0, 0.1) is 6.92 Å². The van der Waals surface area contributed by atoms with Gasteiger partial charge in [0.05, 0.1) is 25.3 Å². The number of fused-ring (bicyclic) bond motifs is 1. The second-order valence-electron chi connectivity index (χ2n) is 4.92. The zero-order valence-electron chi connectivity index (χ0n) is 11.3. The molecule has 0 bridgehead atoms. The van der Waals surface area contributed by atoms with Crippen molar-refractivity contribution in [2.45, 2.75) is 25.4 Å². The lowest BCUT2D eigenvalue weighted by atomic mass is 9.85. The highest BCUT2D eigenvalue weighted by molar-refractivity contribution is 5.41. The SMILES string of the molecule is Cc1nc(CN[C@@]2(CO)CCOc3ccccc32)no1. The summed E-state index contributed by atoms with van der Waals surface area (Å²) in [4.78, 5) is 4.16. The molecule has 3 rings (SSSR count). The van der Waals surface area contributed by atoms with Gasteiger partial charge in [-0.05, 0) is 6.07 Å². The van der Waals surface area contributed by atoms with Crippen molar-refractivity contribution in [1.82, 2.24) is 15.5 Å². The first-order chi connectivity index (χ1) is 9.73. The van der Waals surface area contributed by atoms with Crippen LogP contribution in [-0.4, -0.2) is 28.5 Å². The van der Waals surface area contributed by atoms with Crippen LogP contribution in [0.25, 0.3) is 0 Å². The lowest BCUT2D eigenvalue weighted by Gasteiger charge is -2.38. The number of aryl methyl sites for hydroxylation is 1. The van der Waals surface area contributed by atoms with Gasteiger partial charge in [-0.1, -0.05) is 23.4 Å². The van der Waals surface area contributed by atoms with Crippen LogP contribution < -0.4 is 10.1 Å². The summed E-state index contributed by atoms with van der Waals surface area (Å²) in [5, 5.41) is 17.1. The summed E-state index contributed by atoms with van der Waals surface area (Å²) in [7, 11) is 0. The summed E-state index contributed by atoms with van der Waals surface area (Å²) in [6.07, 6.45) is 0.692. The Morgan fingerprint density at radius 1 is 1.40 bits per heavy atom. The Kier molecular flexibility index (Phi) is 3.42. The predicted molar refractivity (Wildman–Crippen MR) is 71.2 cm³/mol. The van der Waals surface area contributed by atoms with Crippen LogP contribution >= 0.6 is 0 Å². The summed E-state index contributed by atoms with van der Waals surface area (Å²) in [5.41, 5.74) is 0.442. The Balaban J connectivity index is 1.85. The van der Waals surface area contributed by atoms with Crippen molar-refractivity contribution >= 4 is 0 Å². The van der Waals surface area contributed by atoms with Crippen molar-refractivity contribution in [3.8, 4) is 5.75 Å². The number of aromatic nitrogens is 2. The van der Waals surface area contributed by atoms with E-state index in [1.807, 2.05) is 24.3 Å². The molecule has 20 heavy (non-hydrogen) atoms. The molecular weight excluding hydrogens is 258 g/mol. The second kappa shape index (κ2) is 5.22. The van der Waals surface area contributed by atoms with Crippen molar-refractivity contribution in [3.63, 3.8) is 0 Å². The smallest absolute Gasteiger partial charge is 0.223 e. The molecule has 2 heterocycles. The molecule has 1 atom stereocenters. The van der Waals surface area contributed by atoms with Gasteiger partial charge in [0.15, 0.2) is 5.82 Å². The summed E-state index contributed by atoms with van der Waals surface area (Å²) in [6.45, 7) is 2.74. The third-order valence-corrected chi connectivity index (χ3v) is 3.61. The van der Waals surface area contributed by atoms with Gasteiger partial charge in [0, 0.05) is 18.9 Å². The van der Waals surface area contributed by atoms with Crippen LogP contribution in [0.1, 0.15) is 23.7 Å². The zero-order valence-corrected chi connectivity index (χ0v) is 11.3. The molecule has 1 aliphatic heterocycles. The van der Waals surface area contributed by atoms with E-state index in [1.54, 1.807) is 6.92 Å². The van der Waals surface area contributed by atoms with Crippen molar-refractivity contribution < 1.29 is 14.4 Å². The van der Waals surface area contributed by atoms with Crippen LogP contribution in [0.2, 0.25) is 0 Å². The predicted octanol–water partition coefficient (Wildman–Crippen LogP) is 1.14. The number of nitrogens with one attached hydrogen (secondary N) is 1. The summed E-state index contributed by atoms with van der Waals surface area (Å²) < 4.78 is 10.6. The molecule has 106 valence electrons. The molecule has 2 aromatic rings. The van der Waals surface area contributed by atoms with Gasteiger partial charge in [0.25, 0.3) is 0 Å². The average molecular weight is 275 g/mol. The quantitative estimate of drug-likeness (QED) is 0.871. The number of aliphatic hydroxyl groups excluding tert-OH is 1. The molecular formula is C14H17N3O3. The molecule has 1 aliphatic rings. The molecule has 0 saturated heterocycles. The minimum absolute atomic E-state index is 0.00972. The standard InChI is InChI=1S/C14H17N3O3/c1-10-16-13(17-20-10)8-15-14(9-18)6-7-19-12-5-3-2-4-11(12)14/h2-5,15,18H,6-9H2,1H3/t14-/m1/s1. The lowest BCUT2D eigenvalue weighted by molar-refractivity contribution is 0.105. The van der Waals surface area contributed by atoms with Crippen LogP contribution in [0.15, 0.2) is 28.8 Å². The average Bonchev–Trinajstić information content (AvgIpc) is 2.91. The molecule has 6 heteroatoms. The van der Waals surface area contributed by atoms with Crippen LogP contribution in [0.3, 0.4) is 0 Å². The zero-order chi connectivity index (χ0) is 14.0. The molecule has 0 saturated carbocycles. The van der Waals surface area contributed by atoms with Gasteiger partial charge in [-0.15, -0.1) is 0 Å². The molecule has 0 unspecified atom stereocenters. The highest BCUT2D eigenvalue weighted by Crippen LogP contribution is 2.36. The number of para-hydroxylation sites is 1. The first kappa shape index (κ1) is 13.1. The number of benzene rings is 1. The van der Waals surface area contributed by atoms with E-state index in [1.165, 1.54) is 0 Å². The van der Waals surface area contributed by atoms with Gasteiger partial charge in [-0.2, -0.15) is 4.98 Å². The van der Waals surface area contributed by atoms with Gasteiger partial charge < -0.3 is 14.4 Å². The first-order valence-electron chi connectivity index (χ1n) is 6.61. The molecule has 0 spiro atoms. The highest BCUT2D eigenvalue weighted by atomic mass is 16.5. The van der Waals surface area contributed by atoms with Gasteiger partial charge in [0.1, 0.15) is 5.75 Å². The fourth-order valence-corrected chi connectivity index (χ4v) is 2.52. The molecule has 1 aromatic carbocycles. The number of hydrogen-bond donors (Lipinski definition) is 2. The van der Waals surface area contributed by atoms with E-state index < -0.39 is 5.54 Å². The van der Waals surface area contributed by atoms with Crippen molar-refractivity contribution in [3.05, 3.63) is 41.5 Å². The number of aliphatic hydroxyl groups is 1. The van der Waals surface area contributed by atoms with E-state index >= 15 is 0 Å². The van der Waals surface area contributed by atoms with Crippen LogP contribution in [0.5, 0.6) is 5.75 Å². The van der Waals surface area contributed by atoms with E-state index in [2.05, 4.69) is 15.5 Å². The largest absolute Gasteiger partial charge is 0.493 e. The van der Waals surface area contributed by atoms with E-state index in [4.69, 9.17) is 9.26 Å². The van der Waals surface area contributed by atoms with Crippen LogP contribution in [0.4, 0.5) is 0 Å². The topological polar surface area (TPSA) is 80.4 Å². The molecule has 6 nitrogen and oxygen atoms in total. The van der Waals surface area contributed by atoms with Crippen LogP contribution in [-0.2, 0) is 12.1 Å². The number of nitrogens with zero attached hydrogens (tertiary/aromatic N) is 2. The second-order valence-corrected chi connectivity index (χ2v) is 4.92. The minimum Gasteiger partial charge on any atom is -0.493 e. The first-order valence-corrected chi connectivity index (χ1v) is 6.61. The van der Waals surface area contributed by atoms with Gasteiger partial charge in [0.2, 0.25) is 5.89 Å². The van der Waals surface area contributed by atoms with Gasteiger partial charge in [-0.3, -0.25) is 5.32 Å². The molecule has 1 aromatic heterocycles. The number of ether oxygens (including phenoxy) is 1. The number of hydrogen-bond acceptors (Lipinski definition) is 6. The Hall–Kier alpha value is -1.92. The van der Waals surface area contributed by atoms with Crippen molar-refractivity contribution in [2.75, 3.05) is 13.2 Å². The van der Waals surface area contributed by atoms with E-state index in [-0.39, 0.29) is 6.61 Å². The van der Waals surface area contributed by atoms with Gasteiger partial charge >= 0.3 is 0 Å². The van der Waals surface area contributed by atoms with Crippen molar-refractivity contribution in [2.24, 2.45) is 0 Å². The van der Waals surface area contributed by atoms with Crippen molar-refractivity contribution in [1.29, 1.82) is 0 Å². The van der Waals surface area contributed by atoms with E-state index in [0.29, 0.717) is 31.3 Å². The number of rotatable bonds is 4. The van der Waals surface area contributed by atoms with E-state index in [0.717, 1.165) is 11.3 Å². The maximum Gasteiger partial charge on any atom is 0.223 e. The normalized spacial score (nSPS) is 21.3. The fourth-order valence-electron chi connectivity index (χ4n) is 2.52. The maximum atomic E-state index is 9.89. The van der Waals surface area contributed by atoms with E-state index in [9.17, 15) is 5.11 Å². The summed E-state index contributed by atoms with van der Waals surface area (Å²) >= 11 is 0. The lowest BCUT2D eigenvalue weighted by Crippen LogP contribution is -2.48. The monoisotopic (exact) mass is 275 g/mol. The highest BCUT2D eigenvalue weighted by Gasteiger charge is 2.37. The summed E-state index contributed by atoms with van der Waals surface area (Å²) in [6, 6.07) is 7.76. The molecule has 0 amide bonds. The summed E-state index contributed by atoms with van der Waals surface area (Å²) in [5.74, 6) is 1.93. The Labute approximate surface area is 116 Å². The fraction of sp³-hybridized carbons (Fsp3) is 0.429. The molecule has 0 radical (unpaired) electrons. The molecule has 2 N–H and O–H groups in total. The minimum atomic E-state index is -0.524. The third kappa shape index (κ3) is 2.28. The molecule has 0 aliphatic carbocycles. The molecule has 0 fully saturated rings.